The van der Waals surface area contributed by atoms with Crippen LogP contribution >= 0.6 is 15.9 Å². The van der Waals surface area contributed by atoms with E-state index in [1.54, 1.807) is 12.1 Å². The average Bonchev–Trinajstić information content (AvgIpc) is 2.16. The van der Waals surface area contributed by atoms with Gasteiger partial charge in [-0.15, -0.1) is 0 Å². The summed E-state index contributed by atoms with van der Waals surface area (Å²) >= 11 is 3.32. The lowest BCUT2D eigenvalue weighted by molar-refractivity contribution is 0.0371. The zero-order chi connectivity index (χ0) is 10.1. The molecule has 1 aromatic rings. The van der Waals surface area contributed by atoms with Crippen LogP contribution in [0.15, 0.2) is 22.7 Å². The second-order valence-corrected chi connectivity index (χ2v) is 3.94. The van der Waals surface area contributed by atoms with E-state index in [1.807, 2.05) is 12.1 Å². The SMILES string of the molecule is N#CC1Cc2cc(Br)ccc2C(=O)O1. The van der Waals surface area contributed by atoms with Crippen molar-refractivity contribution in [1.82, 2.24) is 0 Å². The number of ether oxygens (including phenoxy) is 1. The number of rotatable bonds is 0. The minimum absolute atomic E-state index is 0.412. The average molecular weight is 252 g/mol. The molecule has 0 bridgehead atoms. The summed E-state index contributed by atoms with van der Waals surface area (Å²) in [5.74, 6) is -0.412. The van der Waals surface area contributed by atoms with Crippen LogP contribution < -0.4 is 0 Å². The minimum atomic E-state index is -0.649. The number of nitrogens with zero attached hydrogens (tertiary/aromatic N) is 1. The van der Waals surface area contributed by atoms with Crippen molar-refractivity contribution in [2.75, 3.05) is 0 Å². The van der Waals surface area contributed by atoms with E-state index in [2.05, 4.69) is 15.9 Å². The molecule has 0 amide bonds. The number of nitriles is 1. The Morgan fingerprint density at radius 1 is 1.57 bits per heavy atom. The second-order valence-electron chi connectivity index (χ2n) is 3.03. The smallest absolute Gasteiger partial charge is 0.339 e. The second kappa shape index (κ2) is 3.43. The van der Waals surface area contributed by atoms with Gasteiger partial charge in [-0.2, -0.15) is 5.26 Å². The highest BCUT2D eigenvalue weighted by atomic mass is 79.9. The first kappa shape index (κ1) is 9.22. The van der Waals surface area contributed by atoms with Crippen molar-refractivity contribution in [3.8, 4) is 6.07 Å². The molecule has 1 aliphatic heterocycles. The van der Waals surface area contributed by atoms with E-state index in [-0.39, 0.29) is 0 Å². The molecular formula is C10H6BrNO2. The number of hydrogen-bond donors (Lipinski definition) is 0. The Kier molecular flexibility index (Phi) is 2.26. The Hall–Kier alpha value is -1.34. The molecule has 1 unspecified atom stereocenters. The highest BCUT2D eigenvalue weighted by molar-refractivity contribution is 9.10. The van der Waals surface area contributed by atoms with Crippen LogP contribution in [0.1, 0.15) is 15.9 Å². The predicted molar refractivity (Wildman–Crippen MR) is 52.7 cm³/mol. The van der Waals surface area contributed by atoms with E-state index in [4.69, 9.17) is 10.00 Å². The van der Waals surface area contributed by atoms with Crippen molar-refractivity contribution < 1.29 is 9.53 Å². The summed E-state index contributed by atoms with van der Waals surface area (Å²) < 4.78 is 5.79. The fraction of sp³-hybridized carbons (Fsp3) is 0.200. The molecule has 1 heterocycles. The first-order valence-corrected chi connectivity index (χ1v) is 4.89. The van der Waals surface area contributed by atoms with Gasteiger partial charge in [-0.25, -0.2) is 4.79 Å². The van der Waals surface area contributed by atoms with Crippen molar-refractivity contribution in [3.63, 3.8) is 0 Å². The molecule has 0 aromatic heterocycles. The molecule has 1 aliphatic rings. The molecule has 0 aliphatic carbocycles. The summed E-state index contributed by atoms with van der Waals surface area (Å²) in [6.07, 6.45) is -0.180. The largest absolute Gasteiger partial charge is 0.443 e. The van der Waals surface area contributed by atoms with Gasteiger partial charge in [-0.05, 0) is 23.8 Å². The standard InChI is InChI=1S/C10H6BrNO2/c11-7-1-2-9-6(3-7)4-8(5-12)14-10(9)13/h1-3,8H,4H2. The monoisotopic (exact) mass is 251 g/mol. The van der Waals surface area contributed by atoms with Gasteiger partial charge in [0.05, 0.1) is 5.56 Å². The molecule has 14 heavy (non-hydrogen) atoms. The van der Waals surface area contributed by atoms with Gasteiger partial charge >= 0.3 is 5.97 Å². The highest BCUT2D eigenvalue weighted by Gasteiger charge is 2.25. The van der Waals surface area contributed by atoms with Gasteiger partial charge in [0.25, 0.3) is 0 Å². The van der Waals surface area contributed by atoms with Crippen LogP contribution in [0.5, 0.6) is 0 Å². The number of esters is 1. The maximum Gasteiger partial charge on any atom is 0.339 e. The van der Waals surface area contributed by atoms with Gasteiger partial charge in [0.2, 0.25) is 0 Å². The molecular weight excluding hydrogens is 246 g/mol. The molecule has 2 rings (SSSR count). The molecule has 0 fully saturated rings. The molecule has 0 N–H and O–H groups in total. The summed E-state index contributed by atoms with van der Waals surface area (Å²) in [4.78, 5) is 11.4. The van der Waals surface area contributed by atoms with Crippen LogP contribution in [-0.4, -0.2) is 12.1 Å². The molecule has 3 nitrogen and oxygen atoms in total. The Bertz CT molecular complexity index is 436. The van der Waals surface area contributed by atoms with E-state index in [0.29, 0.717) is 12.0 Å². The quantitative estimate of drug-likeness (QED) is 0.664. The number of hydrogen-bond acceptors (Lipinski definition) is 3. The fourth-order valence-corrected chi connectivity index (χ4v) is 1.84. The van der Waals surface area contributed by atoms with Crippen LogP contribution in [0.4, 0.5) is 0 Å². The van der Waals surface area contributed by atoms with E-state index in [1.165, 1.54) is 0 Å². The zero-order valence-corrected chi connectivity index (χ0v) is 8.74. The van der Waals surface area contributed by atoms with Gasteiger partial charge in [-0.1, -0.05) is 15.9 Å². The number of fused-ring (bicyclic) bond motifs is 1. The normalized spacial score (nSPS) is 19.4. The zero-order valence-electron chi connectivity index (χ0n) is 7.16. The fourth-order valence-electron chi connectivity index (χ4n) is 1.44. The number of cyclic esters (lactones) is 1. The van der Waals surface area contributed by atoms with E-state index in [9.17, 15) is 4.79 Å². The third kappa shape index (κ3) is 1.51. The molecule has 4 heteroatoms. The lowest BCUT2D eigenvalue weighted by Crippen LogP contribution is -2.26. The highest BCUT2D eigenvalue weighted by Crippen LogP contribution is 2.23. The van der Waals surface area contributed by atoms with Gasteiger partial charge in [0, 0.05) is 10.9 Å². The predicted octanol–water partition coefficient (Wildman–Crippen LogP) is 2.05. The molecule has 0 spiro atoms. The topological polar surface area (TPSA) is 50.1 Å². The Labute approximate surface area is 89.4 Å². The molecule has 1 atom stereocenters. The van der Waals surface area contributed by atoms with Crippen molar-refractivity contribution in [2.45, 2.75) is 12.5 Å². The van der Waals surface area contributed by atoms with Crippen molar-refractivity contribution in [1.29, 1.82) is 5.26 Å². The number of halogens is 1. The number of benzene rings is 1. The summed E-state index contributed by atoms with van der Waals surface area (Å²) in [6, 6.07) is 7.27. The number of carbonyl (C=O) groups excluding carboxylic acids is 1. The molecule has 0 saturated heterocycles. The summed E-state index contributed by atoms with van der Waals surface area (Å²) in [7, 11) is 0. The van der Waals surface area contributed by atoms with Crippen LogP contribution in [-0.2, 0) is 11.2 Å². The van der Waals surface area contributed by atoms with Crippen molar-refractivity contribution in [2.24, 2.45) is 0 Å². The Morgan fingerprint density at radius 2 is 2.36 bits per heavy atom. The molecule has 1 aromatic carbocycles. The summed E-state index contributed by atoms with van der Waals surface area (Å²) in [5, 5.41) is 8.66. The van der Waals surface area contributed by atoms with E-state index >= 15 is 0 Å². The van der Waals surface area contributed by atoms with Gasteiger partial charge in [0.1, 0.15) is 6.07 Å². The van der Waals surface area contributed by atoms with Crippen LogP contribution in [0.3, 0.4) is 0 Å². The van der Waals surface area contributed by atoms with E-state index < -0.39 is 12.1 Å². The Balaban J connectivity index is 2.46. The molecule has 0 saturated carbocycles. The van der Waals surface area contributed by atoms with Gasteiger partial charge < -0.3 is 4.74 Å². The minimum Gasteiger partial charge on any atom is -0.443 e. The van der Waals surface area contributed by atoms with Crippen LogP contribution in [0.2, 0.25) is 0 Å². The van der Waals surface area contributed by atoms with Crippen LogP contribution in [0.25, 0.3) is 0 Å². The summed E-state index contributed by atoms with van der Waals surface area (Å²) in [5.41, 5.74) is 1.42. The lowest BCUT2D eigenvalue weighted by atomic mass is 9.99. The maximum absolute atomic E-state index is 11.4. The van der Waals surface area contributed by atoms with Gasteiger partial charge in [0.15, 0.2) is 6.10 Å². The lowest BCUT2D eigenvalue weighted by Gasteiger charge is -2.19. The maximum atomic E-state index is 11.4. The van der Waals surface area contributed by atoms with Crippen molar-refractivity contribution in [3.05, 3.63) is 33.8 Å². The Morgan fingerprint density at radius 3 is 3.07 bits per heavy atom. The molecule has 70 valence electrons. The molecule has 0 radical (unpaired) electrons. The van der Waals surface area contributed by atoms with Gasteiger partial charge in [-0.3, -0.25) is 0 Å². The summed E-state index contributed by atoms with van der Waals surface area (Å²) in [6.45, 7) is 0. The van der Waals surface area contributed by atoms with Crippen LogP contribution in [0, 0.1) is 11.3 Å². The first-order valence-electron chi connectivity index (χ1n) is 4.10. The van der Waals surface area contributed by atoms with E-state index in [0.717, 1.165) is 10.0 Å². The third-order valence-corrected chi connectivity index (χ3v) is 2.58. The number of carbonyl (C=O) groups is 1. The third-order valence-electron chi connectivity index (χ3n) is 2.09. The van der Waals surface area contributed by atoms with Crippen molar-refractivity contribution >= 4 is 21.9 Å². The first-order chi connectivity index (χ1) is 6.70.